The highest BCUT2D eigenvalue weighted by Crippen LogP contribution is 2.34. The lowest BCUT2D eigenvalue weighted by Crippen LogP contribution is -2.26. The Morgan fingerprint density at radius 1 is 0.583 bits per heavy atom. The zero-order valence-electron chi connectivity index (χ0n) is 13.0. The SMILES string of the molecule is Nc1nc2ccccc2nc1P(c1ccccc1)c1ccccc1. The molecule has 0 fully saturated rings. The number of hydrogen-bond acceptors (Lipinski definition) is 3. The van der Waals surface area contributed by atoms with E-state index < -0.39 is 7.92 Å². The summed E-state index contributed by atoms with van der Waals surface area (Å²) in [6, 6.07) is 28.7. The van der Waals surface area contributed by atoms with E-state index in [1.165, 1.54) is 10.6 Å². The maximum Gasteiger partial charge on any atom is 0.151 e. The topological polar surface area (TPSA) is 51.8 Å². The van der Waals surface area contributed by atoms with Gasteiger partial charge in [0.1, 0.15) is 5.44 Å². The summed E-state index contributed by atoms with van der Waals surface area (Å²) in [5.74, 6) is 0.507. The molecule has 1 heterocycles. The molecule has 0 aliphatic heterocycles. The number of anilines is 1. The van der Waals surface area contributed by atoms with E-state index in [1.807, 2.05) is 36.4 Å². The molecule has 3 aromatic carbocycles. The zero-order chi connectivity index (χ0) is 16.4. The Hall–Kier alpha value is -2.77. The summed E-state index contributed by atoms with van der Waals surface area (Å²) < 4.78 is 0. The standard InChI is InChI=1S/C20H16N3P/c21-19-20(23-18-14-8-7-13-17(18)22-19)24(15-9-3-1-4-10-15)16-11-5-2-6-12-16/h1-14H,(H2,21,22). The first kappa shape index (κ1) is 14.8. The number of para-hydroxylation sites is 2. The van der Waals surface area contributed by atoms with Crippen molar-refractivity contribution >= 4 is 40.8 Å². The van der Waals surface area contributed by atoms with E-state index in [2.05, 4.69) is 53.5 Å². The molecule has 4 heteroatoms. The van der Waals surface area contributed by atoms with Crippen molar-refractivity contribution in [1.29, 1.82) is 0 Å². The van der Waals surface area contributed by atoms with Gasteiger partial charge in [-0.1, -0.05) is 72.8 Å². The maximum absolute atomic E-state index is 6.30. The van der Waals surface area contributed by atoms with Crippen LogP contribution in [0.5, 0.6) is 0 Å². The van der Waals surface area contributed by atoms with Crippen molar-refractivity contribution in [3.8, 4) is 0 Å². The van der Waals surface area contributed by atoms with Crippen LogP contribution in [0, 0.1) is 0 Å². The van der Waals surface area contributed by atoms with Crippen molar-refractivity contribution in [2.75, 3.05) is 5.73 Å². The van der Waals surface area contributed by atoms with Gasteiger partial charge < -0.3 is 5.73 Å². The van der Waals surface area contributed by atoms with Crippen LogP contribution in [0.4, 0.5) is 5.82 Å². The molecular weight excluding hydrogens is 313 g/mol. The van der Waals surface area contributed by atoms with Gasteiger partial charge in [0.15, 0.2) is 5.82 Å². The summed E-state index contributed by atoms with van der Waals surface area (Å²) in [4.78, 5) is 9.45. The number of nitrogen functional groups attached to an aromatic ring is 1. The highest BCUT2D eigenvalue weighted by atomic mass is 31.1. The molecule has 4 aromatic rings. The molecular formula is C20H16N3P. The predicted molar refractivity (Wildman–Crippen MR) is 103 cm³/mol. The van der Waals surface area contributed by atoms with Crippen LogP contribution in [0.1, 0.15) is 0 Å². The highest BCUT2D eigenvalue weighted by Gasteiger charge is 2.21. The Balaban J connectivity index is 1.96. The summed E-state index contributed by atoms with van der Waals surface area (Å²) in [6.07, 6.45) is 0. The molecule has 1 aromatic heterocycles. The lowest BCUT2D eigenvalue weighted by Gasteiger charge is -2.19. The average molecular weight is 329 g/mol. The largest absolute Gasteiger partial charge is 0.382 e. The van der Waals surface area contributed by atoms with Crippen LogP contribution in [0.2, 0.25) is 0 Å². The van der Waals surface area contributed by atoms with Crippen LogP contribution in [0.15, 0.2) is 84.9 Å². The lowest BCUT2D eigenvalue weighted by molar-refractivity contribution is 1.35. The Morgan fingerprint density at radius 3 is 1.58 bits per heavy atom. The van der Waals surface area contributed by atoms with Gasteiger partial charge in [0, 0.05) is 7.92 Å². The number of nitrogens with zero attached hydrogens (tertiary/aromatic N) is 2. The van der Waals surface area contributed by atoms with E-state index in [-0.39, 0.29) is 0 Å². The molecule has 0 aliphatic rings. The van der Waals surface area contributed by atoms with Gasteiger partial charge in [-0.2, -0.15) is 0 Å². The molecule has 3 nitrogen and oxygen atoms in total. The predicted octanol–water partition coefficient (Wildman–Crippen LogP) is 2.97. The highest BCUT2D eigenvalue weighted by molar-refractivity contribution is 7.79. The number of nitrogens with two attached hydrogens (primary N) is 1. The molecule has 0 amide bonds. The molecule has 116 valence electrons. The van der Waals surface area contributed by atoms with Crippen molar-refractivity contribution in [3.63, 3.8) is 0 Å². The molecule has 0 saturated carbocycles. The molecule has 0 saturated heterocycles. The third kappa shape index (κ3) is 2.75. The van der Waals surface area contributed by atoms with Crippen LogP contribution >= 0.6 is 7.92 Å². The first-order valence-electron chi connectivity index (χ1n) is 7.75. The van der Waals surface area contributed by atoms with Gasteiger partial charge in [0.2, 0.25) is 0 Å². The van der Waals surface area contributed by atoms with Gasteiger partial charge in [-0.15, -0.1) is 0 Å². The Bertz CT molecular complexity index is 932. The number of rotatable bonds is 3. The molecule has 0 aliphatic carbocycles. The molecule has 0 atom stereocenters. The fourth-order valence-electron chi connectivity index (χ4n) is 2.72. The van der Waals surface area contributed by atoms with Gasteiger partial charge >= 0.3 is 0 Å². The van der Waals surface area contributed by atoms with Crippen LogP contribution in [-0.2, 0) is 0 Å². The number of hydrogen-bond donors (Lipinski definition) is 1. The summed E-state index contributed by atoms with van der Waals surface area (Å²) >= 11 is 0. The van der Waals surface area contributed by atoms with Crippen molar-refractivity contribution in [3.05, 3.63) is 84.9 Å². The van der Waals surface area contributed by atoms with Gasteiger partial charge in [-0.05, 0) is 22.7 Å². The summed E-state index contributed by atoms with van der Waals surface area (Å²) in [5.41, 5.74) is 8.87. The maximum atomic E-state index is 6.30. The van der Waals surface area contributed by atoms with E-state index in [9.17, 15) is 0 Å². The minimum Gasteiger partial charge on any atom is -0.382 e. The molecule has 4 rings (SSSR count). The quantitative estimate of drug-likeness (QED) is 0.588. The summed E-state index contributed by atoms with van der Waals surface area (Å²) in [7, 11) is -0.839. The third-order valence-corrected chi connectivity index (χ3v) is 6.20. The monoisotopic (exact) mass is 329 g/mol. The molecule has 0 unspecified atom stereocenters. The van der Waals surface area contributed by atoms with Crippen molar-refractivity contribution in [2.24, 2.45) is 0 Å². The molecule has 2 N–H and O–H groups in total. The average Bonchev–Trinajstić information content (AvgIpc) is 2.64. The van der Waals surface area contributed by atoms with E-state index in [4.69, 9.17) is 10.7 Å². The van der Waals surface area contributed by atoms with E-state index in [0.29, 0.717) is 5.82 Å². The second-order valence-electron chi connectivity index (χ2n) is 5.43. The molecule has 0 radical (unpaired) electrons. The van der Waals surface area contributed by atoms with Gasteiger partial charge in [0.05, 0.1) is 11.0 Å². The van der Waals surface area contributed by atoms with Crippen LogP contribution < -0.4 is 21.8 Å². The smallest absolute Gasteiger partial charge is 0.151 e. The Labute approximate surface area is 142 Å². The summed E-state index contributed by atoms with van der Waals surface area (Å²) in [6.45, 7) is 0. The molecule has 0 bridgehead atoms. The number of fused-ring (bicyclic) bond motifs is 1. The minimum absolute atomic E-state index is 0.507. The number of aromatic nitrogens is 2. The third-order valence-electron chi connectivity index (χ3n) is 3.82. The van der Waals surface area contributed by atoms with Crippen molar-refractivity contribution < 1.29 is 0 Å². The summed E-state index contributed by atoms with van der Waals surface area (Å²) in [5, 5.41) is 2.44. The van der Waals surface area contributed by atoms with E-state index in [0.717, 1.165) is 16.5 Å². The number of benzene rings is 3. The lowest BCUT2D eigenvalue weighted by atomic mass is 10.3. The first-order valence-corrected chi connectivity index (χ1v) is 9.09. The van der Waals surface area contributed by atoms with Gasteiger partial charge in [-0.25, -0.2) is 9.97 Å². The van der Waals surface area contributed by atoms with Crippen LogP contribution in [-0.4, -0.2) is 9.97 Å². The van der Waals surface area contributed by atoms with Crippen molar-refractivity contribution in [1.82, 2.24) is 9.97 Å². The first-order chi connectivity index (χ1) is 11.8. The second kappa shape index (κ2) is 6.38. The van der Waals surface area contributed by atoms with Crippen LogP contribution in [0.25, 0.3) is 11.0 Å². The second-order valence-corrected chi connectivity index (χ2v) is 7.55. The van der Waals surface area contributed by atoms with Gasteiger partial charge in [0.25, 0.3) is 0 Å². The Kier molecular flexibility index (Phi) is 3.94. The zero-order valence-corrected chi connectivity index (χ0v) is 13.9. The molecule has 24 heavy (non-hydrogen) atoms. The van der Waals surface area contributed by atoms with Crippen molar-refractivity contribution in [2.45, 2.75) is 0 Å². The normalized spacial score (nSPS) is 11.0. The molecule has 0 spiro atoms. The fraction of sp³-hybridized carbons (Fsp3) is 0. The minimum atomic E-state index is -0.839. The van der Waals surface area contributed by atoms with E-state index >= 15 is 0 Å². The fourth-order valence-corrected chi connectivity index (χ4v) is 4.93. The van der Waals surface area contributed by atoms with Gasteiger partial charge in [-0.3, -0.25) is 0 Å². The van der Waals surface area contributed by atoms with Crippen LogP contribution in [0.3, 0.4) is 0 Å². The Morgan fingerprint density at radius 2 is 1.04 bits per heavy atom. The van der Waals surface area contributed by atoms with E-state index in [1.54, 1.807) is 0 Å².